The summed E-state index contributed by atoms with van der Waals surface area (Å²) < 4.78 is 28.7. The maximum absolute atomic E-state index is 12.1. The molecule has 1 N–H and O–H groups in total. The normalized spacial score (nSPS) is 13.5. The van der Waals surface area contributed by atoms with Crippen LogP contribution in [0.2, 0.25) is 0 Å². The van der Waals surface area contributed by atoms with Gasteiger partial charge < -0.3 is 10.1 Å². The zero-order valence-electron chi connectivity index (χ0n) is 13.2. The molecule has 0 aromatic heterocycles. The lowest BCUT2D eigenvalue weighted by atomic mass is 10.1. The number of alkyl halides is 2. The van der Waals surface area contributed by atoms with Crippen molar-refractivity contribution in [2.45, 2.75) is 51.0 Å². The topological polar surface area (TPSA) is 21.3 Å². The van der Waals surface area contributed by atoms with Crippen molar-refractivity contribution in [3.8, 4) is 5.75 Å². The maximum Gasteiger partial charge on any atom is 0.387 e. The van der Waals surface area contributed by atoms with Crippen LogP contribution in [0.15, 0.2) is 24.3 Å². The fraction of sp³-hybridized carbons (Fsp3) is 0.625. The molecule has 120 valence electrons. The van der Waals surface area contributed by atoms with E-state index in [1.54, 1.807) is 12.1 Å². The zero-order chi connectivity index (χ0) is 15.9. The quantitative estimate of drug-likeness (QED) is 0.732. The first-order valence-electron chi connectivity index (χ1n) is 7.14. The van der Waals surface area contributed by atoms with Gasteiger partial charge in [0.2, 0.25) is 0 Å². The lowest BCUT2D eigenvalue weighted by Gasteiger charge is -2.25. The third-order valence-corrected chi connectivity index (χ3v) is 4.69. The lowest BCUT2D eigenvalue weighted by molar-refractivity contribution is -0.0498. The summed E-state index contributed by atoms with van der Waals surface area (Å²) in [4.78, 5) is 0. The molecule has 1 unspecified atom stereocenters. The average Bonchev–Trinajstić information content (AvgIpc) is 2.44. The molecule has 0 aliphatic heterocycles. The van der Waals surface area contributed by atoms with Crippen molar-refractivity contribution < 1.29 is 13.5 Å². The third-order valence-electron chi connectivity index (χ3n) is 3.44. The van der Waals surface area contributed by atoms with E-state index < -0.39 is 6.61 Å². The summed E-state index contributed by atoms with van der Waals surface area (Å²) in [5, 5.41) is 3.54. The smallest absolute Gasteiger partial charge is 0.387 e. The number of rotatable bonds is 9. The van der Waals surface area contributed by atoms with Crippen LogP contribution >= 0.6 is 11.8 Å². The predicted molar refractivity (Wildman–Crippen MR) is 86.5 cm³/mol. The van der Waals surface area contributed by atoms with Gasteiger partial charge in [0.1, 0.15) is 5.75 Å². The second kappa shape index (κ2) is 8.59. The van der Waals surface area contributed by atoms with E-state index in [1.165, 1.54) is 0 Å². The first kappa shape index (κ1) is 18.2. The van der Waals surface area contributed by atoms with Gasteiger partial charge >= 0.3 is 6.61 Å². The van der Waals surface area contributed by atoms with Crippen LogP contribution in [-0.2, 0) is 6.42 Å². The van der Waals surface area contributed by atoms with Crippen LogP contribution < -0.4 is 10.1 Å². The van der Waals surface area contributed by atoms with Crippen LogP contribution in [0.4, 0.5) is 8.78 Å². The summed E-state index contributed by atoms with van der Waals surface area (Å²) in [6.45, 7) is 4.82. The van der Waals surface area contributed by atoms with Crippen LogP contribution in [-0.4, -0.2) is 30.2 Å². The van der Waals surface area contributed by atoms with Crippen LogP contribution in [0.5, 0.6) is 5.75 Å². The van der Waals surface area contributed by atoms with Gasteiger partial charge in [-0.3, -0.25) is 0 Å². The minimum atomic E-state index is -2.76. The molecule has 1 aromatic rings. The monoisotopic (exact) mass is 317 g/mol. The highest BCUT2D eigenvalue weighted by Gasteiger charge is 2.16. The molecular formula is C16H25F2NOS. The van der Waals surface area contributed by atoms with Crippen molar-refractivity contribution in [2.75, 3.05) is 12.8 Å². The molecule has 0 amide bonds. The molecule has 0 fully saturated rings. The van der Waals surface area contributed by atoms with Crippen molar-refractivity contribution >= 4 is 11.8 Å². The van der Waals surface area contributed by atoms with E-state index in [-0.39, 0.29) is 10.5 Å². The summed E-state index contributed by atoms with van der Waals surface area (Å²) in [5.74, 6) is 0.210. The summed E-state index contributed by atoms with van der Waals surface area (Å²) in [6.07, 6.45) is 4.05. The Morgan fingerprint density at radius 1 is 1.24 bits per heavy atom. The average molecular weight is 317 g/mol. The molecule has 1 rings (SSSR count). The number of ether oxygens (including phenoxy) is 1. The van der Waals surface area contributed by atoms with Crippen LogP contribution in [0, 0.1) is 0 Å². The molecule has 1 aromatic carbocycles. The fourth-order valence-corrected chi connectivity index (χ4v) is 2.04. The van der Waals surface area contributed by atoms with Gasteiger partial charge in [0.05, 0.1) is 0 Å². The molecule has 0 spiro atoms. The Kier molecular flexibility index (Phi) is 7.46. The molecule has 0 saturated carbocycles. The second-order valence-electron chi connectivity index (χ2n) is 5.81. The Morgan fingerprint density at radius 2 is 1.86 bits per heavy atom. The van der Waals surface area contributed by atoms with Crippen molar-refractivity contribution in [1.82, 2.24) is 5.32 Å². The number of hydrogen-bond acceptors (Lipinski definition) is 3. The van der Waals surface area contributed by atoms with Crippen molar-refractivity contribution in [3.63, 3.8) is 0 Å². The molecule has 0 aliphatic carbocycles. The van der Waals surface area contributed by atoms with Gasteiger partial charge in [-0.05, 0) is 57.6 Å². The first-order valence-corrected chi connectivity index (χ1v) is 8.37. The van der Waals surface area contributed by atoms with E-state index in [0.29, 0.717) is 6.04 Å². The number of thioether (sulfide) groups is 1. The van der Waals surface area contributed by atoms with Gasteiger partial charge in [0.15, 0.2) is 0 Å². The van der Waals surface area contributed by atoms with E-state index in [2.05, 4.69) is 37.1 Å². The molecule has 2 nitrogen and oxygen atoms in total. The fourth-order valence-electron chi connectivity index (χ4n) is 1.81. The Morgan fingerprint density at radius 3 is 2.38 bits per heavy atom. The van der Waals surface area contributed by atoms with E-state index >= 15 is 0 Å². The first-order chi connectivity index (χ1) is 9.82. The Labute approximate surface area is 130 Å². The molecule has 0 radical (unpaired) electrons. The van der Waals surface area contributed by atoms with Crippen molar-refractivity contribution in [1.29, 1.82) is 0 Å². The standard InChI is InChI=1S/C16H25F2NOS/c1-12(19-11-16(2,3)21-4)5-6-13-7-9-14(10-8-13)20-15(17)18/h7-10,12,15,19H,5-6,11H2,1-4H3. The zero-order valence-corrected chi connectivity index (χ0v) is 14.0. The molecule has 21 heavy (non-hydrogen) atoms. The molecule has 0 saturated heterocycles. The Balaban J connectivity index is 2.34. The van der Waals surface area contributed by atoms with E-state index in [9.17, 15) is 8.78 Å². The van der Waals surface area contributed by atoms with Gasteiger partial charge in [-0.25, -0.2) is 0 Å². The lowest BCUT2D eigenvalue weighted by Crippen LogP contribution is -2.37. The third kappa shape index (κ3) is 7.67. The predicted octanol–water partition coefficient (Wildman–Crippen LogP) is 4.34. The van der Waals surface area contributed by atoms with Crippen LogP contribution in [0.1, 0.15) is 32.8 Å². The molecule has 5 heteroatoms. The number of aryl methyl sites for hydroxylation is 1. The second-order valence-corrected chi connectivity index (χ2v) is 7.32. The number of halogens is 2. The largest absolute Gasteiger partial charge is 0.435 e. The highest BCUT2D eigenvalue weighted by Crippen LogP contribution is 2.20. The van der Waals surface area contributed by atoms with Gasteiger partial charge in [-0.1, -0.05) is 12.1 Å². The molecule has 0 heterocycles. The van der Waals surface area contributed by atoms with Gasteiger partial charge in [0.25, 0.3) is 0 Å². The van der Waals surface area contributed by atoms with Crippen molar-refractivity contribution in [2.24, 2.45) is 0 Å². The highest BCUT2D eigenvalue weighted by molar-refractivity contribution is 7.99. The minimum absolute atomic E-state index is 0.210. The maximum atomic E-state index is 12.1. The molecule has 0 bridgehead atoms. The molecule has 1 atom stereocenters. The molecular weight excluding hydrogens is 292 g/mol. The van der Waals surface area contributed by atoms with Crippen molar-refractivity contribution in [3.05, 3.63) is 29.8 Å². The summed E-state index contributed by atoms with van der Waals surface area (Å²) >= 11 is 1.85. The van der Waals surface area contributed by atoms with Crippen LogP contribution in [0.25, 0.3) is 0 Å². The Hall–Kier alpha value is -0.810. The SMILES string of the molecule is CSC(C)(C)CNC(C)CCc1ccc(OC(F)F)cc1. The van der Waals surface area contributed by atoms with Gasteiger partial charge in [0, 0.05) is 17.3 Å². The molecule has 0 aliphatic rings. The number of benzene rings is 1. The Bertz CT molecular complexity index is 409. The summed E-state index contributed by atoms with van der Waals surface area (Å²) in [7, 11) is 0. The highest BCUT2D eigenvalue weighted by atomic mass is 32.2. The van der Waals surface area contributed by atoms with Gasteiger partial charge in [-0.2, -0.15) is 20.5 Å². The van der Waals surface area contributed by atoms with E-state index in [1.807, 2.05) is 23.9 Å². The minimum Gasteiger partial charge on any atom is -0.435 e. The van der Waals surface area contributed by atoms with E-state index in [4.69, 9.17) is 0 Å². The number of nitrogens with one attached hydrogen (secondary N) is 1. The number of hydrogen-bond donors (Lipinski definition) is 1. The van der Waals surface area contributed by atoms with Crippen LogP contribution in [0.3, 0.4) is 0 Å². The van der Waals surface area contributed by atoms with E-state index in [0.717, 1.165) is 24.9 Å². The van der Waals surface area contributed by atoms with Gasteiger partial charge in [-0.15, -0.1) is 0 Å². The summed E-state index contributed by atoms with van der Waals surface area (Å²) in [5.41, 5.74) is 1.13. The summed E-state index contributed by atoms with van der Waals surface area (Å²) in [6, 6.07) is 7.30.